The summed E-state index contributed by atoms with van der Waals surface area (Å²) in [6, 6.07) is 1.46. The molecule has 1 aliphatic heterocycles. The molecule has 0 radical (unpaired) electrons. The van der Waals surface area contributed by atoms with E-state index in [-0.39, 0.29) is 5.60 Å². The zero-order valence-corrected chi connectivity index (χ0v) is 11.8. The van der Waals surface area contributed by atoms with Gasteiger partial charge in [0.1, 0.15) is 0 Å². The number of ether oxygens (including phenoxy) is 1. The second kappa shape index (κ2) is 5.25. The second-order valence-electron chi connectivity index (χ2n) is 6.57. The van der Waals surface area contributed by atoms with Gasteiger partial charge in [-0.05, 0) is 32.6 Å². The zero-order valence-electron chi connectivity index (χ0n) is 11.8. The molecule has 0 aromatic heterocycles. The lowest BCUT2D eigenvalue weighted by atomic mass is 9.98. The minimum absolute atomic E-state index is 0.0188. The van der Waals surface area contributed by atoms with Crippen LogP contribution in [-0.2, 0) is 4.74 Å². The average molecular weight is 240 g/mol. The fourth-order valence-electron chi connectivity index (χ4n) is 2.70. The van der Waals surface area contributed by atoms with Crippen LogP contribution in [0.15, 0.2) is 0 Å². The summed E-state index contributed by atoms with van der Waals surface area (Å²) >= 11 is 0. The summed E-state index contributed by atoms with van der Waals surface area (Å²) in [7, 11) is 0. The Hall–Kier alpha value is -0.120. The van der Waals surface area contributed by atoms with Gasteiger partial charge in [0.05, 0.1) is 12.2 Å². The summed E-state index contributed by atoms with van der Waals surface area (Å²) in [6.07, 6.45) is 2.75. The number of nitrogens with one attached hydrogen (secondary N) is 1. The van der Waals surface area contributed by atoms with Crippen molar-refractivity contribution in [3.05, 3.63) is 0 Å². The fraction of sp³-hybridized carbons (Fsp3) is 1.00. The van der Waals surface area contributed by atoms with E-state index in [9.17, 15) is 0 Å². The van der Waals surface area contributed by atoms with E-state index in [1.54, 1.807) is 0 Å². The lowest BCUT2D eigenvalue weighted by Gasteiger charge is -2.43. The van der Waals surface area contributed by atoms with Crippen LogP contribution < -0.4 is 5.32 Å². The maximum atomic E-state index is 5.80. The third kappa shape index (κ3) is 3.94. The summed E-state index contributed by atoms with van der Waals surface area (Å²) in [5, 5.41) is 3.68. The number of hydrogen-bond acceptors (Lipinski definition) is 3. The lowest BCUT2D eigenvalue weighted by molar-refractivity contribution is -0.101. The minimum atomic E-state index is 0.0188. The first-order valence-corrected chi connectivity index (χ1v) is 7.09. The van der Waals surface area contributed by atoms with Crippen molar-refractivity contribution in [2.45, 2.75) is 58.2 Å². The van der Waals surface area contributed by atoms with E-state index in [1.807, 2.05) is 0 Å². The Labute approximate surface area is 106 Å². The normalized spacial score (nSPS) is 27.4. The molecule has 0 aromatic rings. The number of nitrogens with zero attached hydrogens (tertiary/aromatic N) is 1. The van der Waals surface area contributed by atoms with Gasteiger partial charge in [0.2, 0.25) is 0 Å². The molecule has 1 saturated carbocycles. The van der Waals surface area contributed by atoms with Crippen LogP contribution in [0.2, 0.25) is 0 Å². The SMILES string of the molecule is CC(C)C(CNC1CC1)N1CCOC(C)(C)C1. The topological polar surface area (TPSA) is 24.5 Å². The molecule has 2 aliphatic rings. The first-order valence-electron chi connectivity index (χ1n) is 7.09. The Morgan fingerprint density at radius 3 is 2.59 bits per heavy atom. The molecule has 3 heteroatoms. The number of morpholine rings is 1. The van der Waals surface area contributed by atoms with E-state index in [1.165, 1.54) is 12.8 Å². The van der Waals surface area contributed by atoms with Crippen molar-refractivity contribution < 1.29 is 4.74 Å². The Kier molecular flexibility index (Phi) is 4.11. The monoisotopic (exact) mass is 240 g/mol. The summed E-state index contributed by atoms with van der Waals surface area (Å²) < 4.78 is 5.80. The van der Waals surface area contributed by atoms with Crippen molar-refractivity contribution in [1.82, 2.24) is 10.2 Å². The van der Waals surface area contributed by atoms with Gasteiger partial charge in [-0.1, -0.05) is 13.8 Å². The molecule has 1 heterocycles. The van der Waals surface area contributed by atoms with Crippen LogP contribution in [0.5, 0.6) is 0 Å². The molecule has 0 aromatic carbocycles. The fourth-order valence-corrected chi connectivity index (χ4v) is 2.70. The smallest absolute Gasteiger partial charge is 0.0753 e. The van der Waals surface area contributed by atoms with Crippen molar-refractivity contribution in [3.8, 4) is 0 Å². The number of rotatable bonds is 5. The summed E-state index contributed by atoms with van der Waals surface area (Å²) in [5.74, 6) is 0.704. The van der Waals surface area contributed by atoms with Gasteiger partial charge in [-0.15, -0.1) is 0 Å². The van der Waals surface area contributed by atoms with Crippen LogP contribution >= 0.6 is 0 Å². The van der Waals surface area contributed by atoms with E-state index in [2.05, 4.69) is 37.9 Å². The van der Waals surface area contributed by atoms with Crippen LogP contribution in [-0.4, -0.2) is 48.8 Å². The summed E-state index contributed by atoms with van der Waals surface area (Å²) in [6.45, 7) is 13.2. The third-order valence-electron chi connectivity index (χ3n) is 3.89. The molecule has 2 rings (SSSR count). The largest absolute Gasteiger partial charge is 0.373 e. The highest BCUT2D eigenvalue weighted by atomic mass is 16.5. The molecule has 1 aliphatic carbocycles. The van der Waals surface area contributed by atoms with Crippen molar-refractivity contribution in [1.29, 1.82) is 0 Å². The molecule has 0 spiro atoms. The first-order chi connectivity index (χ1) is 7.98. The highest BCUT2D eigenvalue weighted by Crippen LogP contribution is 2.23. The van der Waals surface area contributed by atoms with Gasteiger partial charge in [0.25, 0.3) is 0 Å². The molecule has 1 saturated heterocycles. The van der Waals surface area contributed by atoms with Gasteiger partial charge < -0.3 is 10.1 Å². The van der Waals surface area contributed by atoms with E-state index in [4.69, 9.17) is 4.74 Å². The highest BCUT2D eigenvalue weighted by Gasteiger charge is 2.33. The molecule has 3 nitrogen and oxygen atoms in total. The van der Waals surface area contributed by atoms with Gasteiger partial charge in [0.15, 0.2) is 0 Å². The van der Waals surface area contributed by atoms with Gasteiger partial charge in [-0.2, -0.15) is 0 Å². The molecule has 17 heavy (non-hydrogen) atoms. The maximum Gasteiger partial charge on any atom is 0.0753 e. The number of hydrogen-bond donors (Lipinski definition) is 1. The lowest BCUT2D eigenvalue weighted by Crippen LogP contribution is -2.56. The van der Waals surface area contributed by atoms with Crippen molar-refractivity contribution in [2.24, 2.45) is 5.92 Å². The molecule has 1 N–H and O–H groups in total. The summed E-state index contributed by atoms with van der Waals surface area (Å²) in [4.78, 5) is 2.61. The van der Waals surface area contributed by atoms with E-state index in [0.717, 1.165) is 32.3 Å². The Morgan fingerprint density at radius 2 is 2.06 bits per heavy atom. The quantitative estimate of drug-likeness (QED) is 0.794. The highest BCUT2D eigenvalue weighted by molar-refractivity contribution is 4.89. The predicted molar refractivity (Wildman–Crippen MR) is 71.3 cm³/mol. The van der Waals surface area contributed by atoms with Gasteiger partial charge in [0, 0.05) is 31.7 Å². The summed E-state index contributed by atoms with van der Waals surface area (Å²) in [5.41, 5.74) is 0.0188. The van der Waals surface area contributed by atoms with Gasteiger partial charge >= 0.3 is 0 Å². The zero-order chi connectivity index (χ0) is 12.5. The minimum Gasteiger partial charge on any atom is -0.373 e. The van der Waals surface area contributed by atoms with Crippen molar-refractivity contribution in [3.63, 3.8) is 0 Å². The van der Waals surface area contributed by atoms with Crippen LogP contribution in [0, 0.1) is 5.92 Å². The molecular formula is C14H28N2O. The van der Waals surface area contributed by atoms with E-state index < -0.39 is 0 Å². The van der Waals surface area contributed by atoms with Crippen LogP contribution in [0.1, 0.15) is 40.5 Å². The molecule has 1 unspecified atom stereocenters. The standard InChI is InChI=1S/C14H28N2O/c1-11(2)13(9-15-12-5-6-12)16-7-8-17-14(3,4)10-16/h11-13,15H,5-10H2,1-4H3. The third-order valence-corrected chi connectivity index (χ3v) is 3.89. The van der Waals surface area contributed by atoms with Crippen LogP contribution in [0.25, 0.3) is 0 Å². The Bertz CT molecular complexity index is 249. The van der Waals surface area contributed by atoms with Crippen LogP contribution in [0.4, 0.5) is 0 Å². The predicted octanol–water partition coefficient (Wildman–Crippen LogP) is 1.87. The molecule has 0 bridgehead atoms. The average Bonchev–Trinajstić information content (AvgIpc) is 2.99. The van der Waals surface area contributed by atoms with Crippen molar-refractivity contribution in [2.75, 3.05) is 26.2 Å². The maximum absolute atomic E-state index is 5.80. The van der Waals surface area contributed by atoms with Crippen LogP contribution in [0.3, 0.4) is 0 Å². The first kappa shape index (κ1) is 13.3. The molecule has 2 fully saturated rings. The van der Waals surface area contributed by atoms with E-state index >= 15 is 0 Å². The second-order valence-corrected chi connectivity index (χ2v) is 6.57. The molecule has 0 amide bonds. The molecule has 100 valence electrons. The Morgan fingerprint density at radius 1 is 1.35 bits per heavy atom. The van der Waals surface area contributed by atoms with Crippen molar-refractivity contribution >= 4 is 0 Å². The molecule has 1 atom stereocenters. The van der Waals surface area contributed by atoms with Gasteiger partial charge in [-0.25, -0.2) is 0 Å². The Balaban J connectivity index is 1.89. The molecular weight excluding hydrogens is 212 g/mol. The van der Waals surface area contributed by atoms with Gasteiger partial charge in [-0.3, -0.25) is 4.90 Å². The van der Waals surface area contributed by atoms with E-state index in [0.29, 0.717) is 12.0 Å².